The van der Waals surface area contributed by atoms with Crippen LogP contribution in [-0.2, 0) is 14.6 Å². The monoisotopic (exact) mass is 336 g/mol. The van der Waals surface area contributed by atoms with Crippen LogP contribution in [0.25, 0.3) is 0 Å². The summed E-state index contributed by atoms with van der Waals surface area (Å²) in [6.45, 7) is 1.62. The average Bonchev–Trinajstić information content (AvgIpc) is 2.99. The van der Waals surface area contributed by atoms with Crippen molar-refractivity contribution in [1.82, 2.24) is 5.32 Å². The highest BCUT2D eigenvalue weighted by Gasteiger charge is 2.38. The second-order valence-corrected chi connectivity index (χ2v) is 8.80. The molecule has 1 amide bonds. The maximum atomic E-state index is 12.5. The highest BCUT2D eigenvalue weighted by Crippen LogP contribution is 2.33. The van der Waals surface area contributed by atoms with Gasteiger partial charge < -0.3 is 10.6 Å². The lowest BCUT2D eigenvalue weighted by Crippen LogP contribution is -2.39. The quantitative estimate of drug-likeness (QED) is 0.885. The Morgan fingerprint density at radius 2 is 2.09 bits per heavy atom. The van der Waals surface area contributed by atoms with Crippen molar-refractivity contribution >= 4 is 21.4 Å². The molecule has 23 heavy (non-hydrogen) atoms. The van der Waals surface area contributed by atoms with E-state index in [-0.39, 0.29) is 22.6 Å². The van der Waals surface area contributed by atoms with Gasteiger partial charge in [-0.1, -0.05) is 25.8 Å². The lowest BCUT2D eigenvalue weighted by Gasteiger charge is -2.24. The van der Waals surface area contributed by atoms with Crippen LogP contribution in [0.2, 0.25) is 0 Å². The predicted molar refractivity (Wildman–Crippen MR) is 90.1 cm³/mol. The number of rotatable bonds is 4. The number of benzene rings is 1. The van der Waals surface area contributed by atoms with Crippen molar-refractivity contribution in [3.63, 3.8) is 0 Å². The number of hydrogen-bond acceptors (Lipinski definition) is 4. The largest absolute Gasteiger partial charge is 0.325 e. The van der Waals surface area contributed by atoms with Gasteiger partial charge in [-0.05, 0) is 43.4 Å². The van der Waals surface area contributed by atoms with Gasteiger partial charge in [-0.15, -0.1) is 0 Å². The molecular weight excluding hydrogens is 312 g/mol. The van der Waals surface area contributed by atoms with Crippen molar-refractivity contribution in [3.05, 3.63) is 24.3 Å². The van der Waals surface area contributed by atoms with Gasteiger partial charge in [0, 0.05) is 11.7 Å². The summed E-state index contributed by atoms with van der Waals surface area (Å²) in [6.07, 6.45) is 5.72. The van der Waals surface area contributed by atoms with Gasteiger partial charge in [0.15, 0.2) is 9.84 Å². The molecule has 0 unspecified atom stereocenters. The summed E-state index contributed by atoms with van der Waals surface area (Å²) in [5, 5.41) is 6.30. The van der Waals surface area contributed by atoms with Crippen LogP contribution in [-0.4, -0.2) is 32.2 Å². The van der Waals surface area contributed by atoms with Gasteiger partial charge in [-0.25, -0.2) is 8.42 Å². The van der Waals surface area contributed by atoms with E-state index >= 15 is 0 Å². The molecule has 1 saturated carbocycles. The minimum absolute atomic E-state index is 0.0535. The van der Waals surface area contributed by atoms with Crippen molar-refractivity contribution in [1.29, 1.82) is 0 Å². The summed E-state index contributed by atoms with van der Waals surface area (Å²) in [4.78, 5) is 12.7. The first-order chi connectivity index (χ1) is 11.0. The predicted octanol–water partition coefficient (Wildman–Crippen LogP) is 2.34. The Balaban J connectivity index is 1.68. The van der Waals surface area contributed by atoms with Crippen LogP contribution in [0.1, 0.15) is 39.0 Å². The SMILES string of the molecule is CCS(=O)(=O)c1cccc(NC(=O)[C@@H]2C[C@@H]3CCCC[C@H]3N2)c1. The Morgan fingerprint density at radius 1 is 1.30 bits per heavy atom. The summed E-state index contributed by atoms with van der Waals surface area (Å²) in [5.41, 5.74) is 0.543. The Hall–Kier alpha value is -1.40. The van der Waals surface area contributed by atoms with Gasteiger partial charge in [0.1, 0.15) is 0 Å². The third-order valence-corrected chi connectivity index (χ3v) is 6.75. The first-order valence-electron chi connectivity index (χ1n) is 8.39. The maximum Gasteiger partial charge on any atom is 0.241 e. The minimum Gasteiger partial charge on any atom is -0.325 e. The first kappa shape index (κ1) is 16.5. The molecule has 3 rings (SSSR count). The molecule has 1 aliphatic carbocycles. The number of anilines is 1. The number of nitrogens with one attached hydrogen (secondary N) is 2. The summed E-state index contributed by atoms with van der Waals surface area (Å²) >= 11 is 0. The van der Waals surface area contributed by atoms with E-state index in [1.807, 2.05) is 0 Å². The fraction of sp³-hybridized carbons (Fsp3) is 0.588. The lowest BCUT2D eigenvalue weighted by atomic mass is 9.85. The van der Waals surface area contributed by atoms with Crippen LogP contribution in [0.15, 0.2) is 29.2 Å². The molecule has 1 aromatic carbocycles. The van der Waals surface area contributed by atoms with Crippen molar-refractivity contribution in [2.45, 2.75) is 56.0 Å². The molecule has 0 radical (unpaired) electrons. The molecule has 0 aromatic heterocycles. The fourth-order valence-electron chi connectivity index (χ4n) is 3.68. The lowest BCUT2D eigenvalue weighted by molar-refractivity contribution is -0.117. The zero-order chi connectivity index (χ0) is 16.4. The van der Waals surface area contributed by atoms with E-state index in [9.17, 15) is 13.2 Å². The first-order valence-corrected chi connectivity index (χ1v) is 10.0. The fourth-order valence-corrected chi connectivity index (χ4v) is 4.61. The van der Waals surface area contributed by atoms with Crippen molar-refractivity contribution in [2.75, 3.05) is 11.1 Å². The maximum absolute atomic E-state index is 12.5. The molecule has 1 aromatic rings. The summed E-state index contributed by atoms with van der Waals surface area (Å²) in [7, 11) is -3.26. The van der Waals surface area contributed by atoms with Crippen molar-refractivity contribution < 1.29 is 13.2 Å². The number of carbonyl (C=O) groups excluding carboxylic acids is 1. The number of fused-ring (bicyclic) bond motifs is 1. The Morgan fingerprint density at radius 3 is 2.83 bits per heavy atom. The smallest absolute Gasteiger partial charge is 0.241 e. The zero-order valence-electron chi connectivity index (χ0n) is 13.4. The van der Waals surface area contributed by atoms with Gasteiger partial charge >= 0.3 is 0 Å². The van der Waals surface area contributed by atoms with Crippen LogP contribution >= 0.6 is 0 Å². The molecule has 1 saturated heterocycles. The van der Waals surface area contributed by atoms with E-state index in [4.69, 9.17) is 0 Å². The van der Waals surface area contributed by atoms with E-state index in [1.165, 1.54) is 19.3 Å². The third-order valence-electron chi connectivity index (χ3n) is 5.02. The van der Waals surface area contributed by atoms with Gasteiger partial charge in [-0.2, -0.15) is 0 Å². The summed E-state index contributed by atoms with van der Waals surface area (Å²) < 4.78 is 23.9. The molecule has 2 N–H and O–H groups in total. The topological polar surface area (TPSA) is 75.3 Å². The standard InChI is InChI=1S/C17H24N2O3S/c1-2-23(21,22)14-8-5-7-13(11-14)18-17(20)16-10-12-6-3-4-9-15(12)19-16/h5,7-8,11-12,15-16,19H,2-4,6,9-10H2,1H3,(H,18,20)/t12-,15+,16-/m0/s1. The van der Waals surface area contributed by atoms with Gasteiger partial charge in [-0.3, -0.25) is 4.79 Å². The van der Waals surface area contributed by atoms with Gasteiger partial charge in [0.2, 0.25) is 5.91 Å². The molecule has 126 valence electrons. The molecule has 2 aliphatic rings. The van der Waals surface area contributed by atoms with Crippen LogP contribution < -0.4 is 10.6 Å². The zero-order valence-corrected chi connectivity index (χ0v) is 14.2. The number of hydrogen-bond donors (Lipinski definition) is 2. The van der Waals surface area contributed by atoms with E-state index < -0.39 is 9.84 Å². The van der Waals surface area contributed by atoms with Crippen molar-refractivity contribution in [3.8, 4) is 0 Å². The Bertz CT molecular complexity index is 673. The highest BCUT2D eigenvalue weighted by atomic mass is 32.2. The molecule has 0 bridgehead atoms. The van der Waals surface area contributed by atoms with Crippen LogP contribution in [0.5, 0.6) is 0 Å². The van der Waals surface area contributed by atoms with Crippen LogP contribution in [0.4, 0.5) is 5.69 Å². The van der Waals surface area contributed by atoms with Crippen LogP contribution in [0, 0.1) is 5.92 Å². The van der Waals surface area contributed by atoms with Crippen LogP contribution in [0.3, 0.4) is 0 Å². The number of carbonyl (C=O) groups is 1. The van der Waals surface area contributed by atoms with E-state index in [0.717, 1.165) is 12.8 Å². The molecule has 6 heteroatoms. The Labute approximate surface area is 137 Å². The molecule has 0 spiro atoms. The molecule has 1 heterocycles. The molecular formula is C17H24N2O3S. The summed E-state index contributed by atoms with van der Waals surface area (Å²) in [5.74, 6) is 0.592. The number of amides is 1. The minimum atomic E-state index is -3.26. The molecule has 5 nitrogen and oxygen atoms in total. The number of sulfone groups is 1. The molecule has 1 aliphatic heterocycles. The molecule has 3 atom stereocenters. The molecule has 2 fully saturated rings. The normalized spacial score (nSPS) is 27.4. The highest BCUT2D eigenvalue weighted by molar-refractivity contribution is 7.91. The summed E-state index contributed by atoms with van der Waals surface area (Å²) in [6, 6.07) is 6.80. The van der Waals surface area contributed by atoms with E-state index in [1.54, 1.807) is 31.2 Å². The van der Waals surface area contributed by atoms with E-state index in [2.05, 4.69) is 10.6 Å². The van der Waals surface area contributed by atoms with E-state index in [0.29, 0.717) is 17.6 Å². The van der Waals surface area contributed by atoms with Crippen molar-refractivity contribution in [2.24, 2.45) is 5.92 Å². The third kappa shape index (κ3) is 3.58. The average molecular weight is 336 g/mol. The Kier molecular flexibility index (Phi) is 4.73. The second-order valence-electron chi connectivity index (χ2n) is 6.53. The van der Waals surface area contributed by atoms with Gasteiger partial charge in [0.25, 0.3) is 0 Å². The second kappa shape index (κ2) is 6.61. The van der Waals surface area contributed by atoms with Gasteiger partial charge in [0.05, 0.1) is 16.7 Å².